The van der Waals surface area contributed by atoms with Crippen LogP contribution in [0.25, 0.3) is 11.1 Å². The molecule has 1 aliphatic rings. The highest BCUT2D eigenvalue weighted by molar-refractivity contribution is 7.99. The summed E-state index contributed by atoms with van der Waals surface area (Å²) in [4.78, 5) is 2.26. The van der Waals surface area contributed by atoms with Crippen molar-refractivity contribution in [1.82, 2.24) is 0 Å². The Morgan fingerprint density at radius 2 is 0.816 bits per heavy atom. The van der Waals surface area contributed by atoms with Crippen LogP contribution in [0.2, 0.25) is 0 Å². The summed E-state index contributed by atoms with van der Waals surface area (Å²) in [6.45, 7) is 0.439. The maximum absolute atomic E-state index is 10.6. The van der Waals surface area contributed by atoms with E-state index in [-0.39, 0.29) is 13.2 Å². The van der Waals surface area contributed by atoms with Crippen LogP contribution in [-0.2, 0) is 5.41 Å². The van der Waals surface area contributed by atoms with Gasteiger partial charge < -0.3 is 19.7 Å². The normalized spacial score (nSPS) is 14.0. The molecule has 0 spiro atoms. The Hall–Kier alpha value is -4.46. The van der Waals surface area contributed by atoms with Gasteiger partial charge in [0.15, 0.2) is 0 Å². The molecule has 2 N–H and O–H groups in total. The van der Waals surface area contributed by atoms with Crippen LogP contribution in [0.3, 0.4) is 0 Å². The van der Waals surface area contributed by atoms with Crippen LogP contribution in [0.1, 0.15) is 22.3 Å². The molecule has 0 fully saturated rings. The number of hydrogen-bond donors (Lipinski definition) is 2. The second-order valence-corrected chi connectivity index (χ2v) is 14.3. The zero-order valence-corrected chi connectivity index (χ0v) is 28.7. The molecule has 0 saturated heterocycles. The molecule has 0 aromatic heterocycles. The van der Waals surface area contributed by atoms with Crippen LogP contribution in [0.4, 0.5) is 0 Å². The fourth-order valence-electron chi connectivity index (χ4n) is 6.53. The molecule has 6 aromatic carbocycles. The first kappa shape index (κ1) is 33.1. The first-order chi connectivity index (χ1) is 24.1. The van der Waals surface area contributed by atoms with E-state index in [0.29, 0.717) is 11.5 Å². The molecule has 246 valence electrons. The van der Waals surface area contributed by atoms with E-state index in [1.807, 2.05) is 84.9 Å². The minimum absolute atomic E-state index is 0.219. The summed E-state index contributed by atoms with van der Waals surface area (Å²) in [5.74, 6) is 2.55. The van der Waals surface area contributed by atoms with Crippen LogP contribution >= 0.6 is 23.5 Å². The van der Waals surface area contributed by atoms with Gasteiger partial charge >= 0.3 is 0 Å². The molecule has 0 radical (unpaired) electrons. The summed E-state index contributed by atoms with van der Waals surface area (Å²) < 4.78 is 12.1. The fraction of sp³-hybridized carbons (Fsp3) is 0.163. The van der Waals surface area contributed by atoms with Crippen molar-refractivity contribution in [3.8, 4) is 22.6 Å². The molecule has 0 aliphatic heterocycles. The monoisotopic (exact) mass is 682 g/mol. The van der Waals surface area contributed by atoms with Crippen molar-refractivity contribution in [3.05, 3.63) is 180 Å². The fourth-order valence-corrected chi connectivity index (χ4v) is 8.19. The van der Waals surface area contributed by atoms with E-state index in [9.17, 15) is 10.2 Å². The largest absolute Gasteiger partial charge is 0.491 e. The second kappa shape index (κ2) is 15.4. The molecule has 7 rings (SSSR count). The third-order valence-corrected chi connectivity index (χ3v) is 11.1. The van der Waals surface area contributed by atoms with E-state index in [1.54, 1.807) is 23.5 Å². The molecule has 4 nitrogen and oxygen atoms in total. The Bertz CT molecular complexity index is 1800. The minimum Gasteiger partial charge on any atom is -0.491 e. The minimum atomic E-state index is -0.589. The number of rotatable bonds is 14. The third-order valence-electron chi connectivity index (χ3n) is 8.78. The van der Waals surface area contributed by atoms with Crippen LogP contribution in [0.15, 0.2) is 168 Å². The maximum atomic E-state index is 10.6. The number of hydrogen-bond acceptors (Lipinski definition) is 6. The van der Waals surface area contributed by atoms with Gasteiger partial charge in [0.2, 0.25) is 0 Å². The molecule has 2 unspecified atom stereocenters. The lowest BCUT2D eigenvalue weighted by Crippen LogP contribution is -2.28. The van der Waals surface area contributed by atoms with Gasteiger partial charge in [-0.25, -0.2) is 0 Å². The van der Waals surface area contributed by atoms with Crippen molar-refractivity contribution in [2.75, 3.05) is 24.7 Å². The van der Waals surface area contributed by atoms with Crippen molar-refractivity contribution in [3.63, 3.8) is 0 Å². The van der Waals surface area contributed by atoms with Crippen LogP contribution in [-0.4, -0.2) is 47.1 Å². The van der Waals surface area contributed by atoms with Crippen molar-refractivity contribution >= 4 is 23.5 Å². The molecule has 0 bridgehead atoms. The Labute approximate surface area is 296 Å². The summed E-state index contributed by atoms with van der Waals surface area (Å²) in [6, 6.07) is 54.0. The summed E-state index contributed by atoms with van der Waals surface area (Å²) in [6.07, 6.45) is -1.18. The van der Waals surface area contributed by atoms with Gasteiger partial charge in [0.1, 0.15) is 24.7 Å². The summed E-state index contributed by atoms with van der Waals surface area (Å²) in [7, 11) is 0. The molecule has 49 heavy (non-hydrogen) atoms. The van der Waals surface area contributed by atoms with Crippen LogP contribution in [0.5, 0.6) is 11.5 Å². The van der Waals surface area contributed by atoms with Crippen molar-refractivity contribution < 1.29 is 19.7 Å². The summed E-state index contributed by atoms with van der Waals surface area (Å²) in [5.41, 5.74) is 6.58. The first-order valence-electron chi connectivity index (χ1n) is 16.5. The number of aliphatic hydroxyl groups is 2. The highest BCUT2D eigenvalue weighted by Crippen LogP contribution is 2.56. The first-order valence-corrected chi connectivity index (χ1v) is 18.5. The summed E-state index contributed by atoms with van der Waals surface area (Å²) in [5, 5.41) is 21.2. The molecule has 6 heteroatoms. The topological polar surface area (TPSA) is 58.9 Å². The van der Waals surface area contributed by atoms with Gasteiger partial charge in [0.05, 0.1) is 17.6 Å². The quantitative estimate of drug-likeness (QED) is 0.112. The second-order valence-electron chi connectivity index (χ2n) is 12.1. The predicted molar refractivity (Wildman–Crippen MR) is 201 cm³/mol. The highest BCUT2D eigenvalue weighted by atomic mass is 32.2. The zero-order chi connectivity index (χ0) is 33.5. The maximum Gasteiger partial charge on any atom is 0.119 e. The number of fused-ring (bicyclic) bond motifs is 3. The molecular formula is C43H38O4S2. The van der Waals surface area contributed by atoms with Gasteiger partial charge in [-0.3, -0.25) is 0 Å². The van der Waals surface area contributed by atoms with Gasteiger partial charge in [0.25, 0.3) is 0 Å². The molecule has 0 saturated carbocycles. The average Bonchev–Trinajstić information content (AvgIpc) is 3.47. The standard InChI is InChI=1S/C43H38O4S2/c44-33(29-48-37-11-3-1-4-12-37)27-46-35-23-19-31(20-24-35)43(41-17-9-7-15-39(41)40-16-8-10-18-42(40)43)32-21-25-36(26-22-32)47-28-34(45)30-49-38-13-5-2-6-14-38/h1-26,33-34,44-45H,27-30H2. The van der Waals surface area contributed by atoms with Gasteiger partial charge in [0, 0.05) is 21.3 Å². The molecule has 0 heterocycles. The Balaban J connectivity index is 1.11. The molecule has 2 atom stereocenters. The number of ether oxygens (including phenoxy) is 2. The molecule has 6 aromatic rings. The number of thioether (sulfide) groups is 2. The van der Waals surface area contributed by atoms with Crippen LogP contribution in [0, 0.1) is 0 Å². The van der Waals surface area contributed by atoms with Gasteiger partial charge in [-0.15, -0.1) is 23.5 Å². The SMILES string of the molecule is OC(COc1ccc(C2(c3ccc(OCC(O)CSc4ccccc4)cc3)c3ccccc3-c3ccccc32)cc1)CSc1ccccc1. The van der Waals surface area contributed by atoms with Gasteiger partial charge in [-0.05, 0) is 81.9 Å². The van der Waals surface area contributed by atoms with E-state index >= 15 is 0 Å². The van der Waals surface area contributed by atoms with Crippen LogP contribution < -0.4 is 9.47 Å². The molecule has 1 aliphatic carbocycles. The Kier molecular flexibility index (Phi) is 10.4. The summed E-state index contributed by atoms with van der Waals surface area (Å²) >= 11 is 3.24. The number of aliphatic hydroxyl groups excluding tert-OH is 2. The third kappa shape index (κ3) is 7.29. The van der Waals surface area contributed by atoms with E-state index in [1.165, 1.54) is 22.3 Å². The Morgan fingerprint density at radius 1 is 0.449 bits per heavy atom. The van der Waals surface area contributed by atoms with Gasteiger partial charge in [-0.1, -0.05) is 109 Å². The Morgan fingerprint density at radius 3 is 1.22 bits per heavy atom. The van der Waals surface area contributed by atoms with E-state index in [0.717, 1.165) is 32.4 Å². The van der Waals surface area contributed by atoms with Crippen molar-refractivity contribution in [1.29, 1.82) is 0 Å². The van der Waals surface area contributed by atoms with E-state index in [2.05, 4.69) is 72.8 Å². The lowest BCUT2D eigenvalue weighted by molar-refractivity contribution is 0.126. The zero-order valence-electron chi connectivity index (χ0n) is 27.0. The average molecular weight is 683 g/mol. The predicted octanol–water partition coefficient (Wildman–Crippen LogP) is 9.11. The highest BCUT2D eigenvalue weighted by Gasteiger charge is 2.45. The lowest BCUT2D eigenvalue weighted by atomic mass is 9.68. The molecular weight excluding hydrogens is 645 g/mol. The molecule has 0 amide bonds. The lowest BCUT2D eigenvalue weighted by Gasteiger charge is -2.34. The van der Waals surface area contributed by atoms with E-state index < -0.39 is 17.6 Å². The number of benzene rings is 6. The van der Waals surface area contributed by atoms with Crippen molar-refractivity contribution in [2.45, 2.75) is 27.4 Å². The van der Waals surface area contributed by atoms with Gasteiger partial charge in [-0.2, -0.15) is 0 Å². The smallest absolute Gasteiger partial charge is 0.119 e. The van der Waals surface area contributed by atoms with Crippen molar-refractivity contribution in [2.24, 2.45) is 0 Å². The van der Waals surface area contributed by atoms with E-state index in [4.69, 9.17) is 9.47 Å².